The van der Waals surface area contributed by atoms with Crippen molar-refractivity contribution in [3.63, 3.8) is 0 Å². The van der Waals surface area contributed by atoms with Crippen molar-refractivity contribution in [2.24, 2.45) is 0 Å². The van der Waals surface area contributed by atoms with Gasteiger partial charge < -0.3 is 4.74 Å². The van der Waals surface area contributed by atoms with Crippen LogP contribution in [0.3, 0.4) is 0 Å². The number of nitrogens with zero attached hydrogens (tertiary/aromatic N) is 1. The highest BCUT2D eigenvalue weighted by Gasteiger charge is 2.04. The van der Waals surface area contributed by atoms with Crippen molar-refractivity contribution < 1.29 is 9.13 Å². The molecule has 2 aromatic carbocycles. The minimum absolute atomic E-state index is 0.225. The molecule has 0 aliphatic rings. The molecule has 0 aliphatic carbocycles. The average molecular weight is 302 g/mol. The molecule has 0 unspecified atom stereocenters. The number of halogens is 2. The summed E-state index contributed by atoms with van der Waals surface area (Å²) in [7, 11) is 0. The number of pyridine rings is 1. The van der Waals surface area contributed by atoms with Gasteiger partial charge in [0.2, 0.25) is 0 Å². The lowest BCUT2D eigenvalue weighted by atomic mass is 10.1. The minimum atomic E-state index is -0.225. The van der Waals surface area contributed by atoms with Crippen molar-refractivity contribution in [2.75, 3.05) is 6.61 Å². The van der Waals surface area contributed by atoms with Crippen LogP contribution >= 0.6 is 11.6 Å². The van der Waals surface area contributed by atoms with Crippen molar-refractivity contribution >= 4 is 22.5 Å². The highest BCUT2D eigenvalue weighted by molar-refractivity contribution is 6.31. The van der Waals surface area contributed by atoms with E-state index in [2.05, 4.69) is 4.98 Å². The molecule has 0 radical (unpaired) electrons. The van der Waals surface area contributed by atoms with E-state index in [0.29, 0.717) is 11.6 Å². The molecule has 1 aromatic heterocycles. The molecule has 106 valence electrons. The first kappa shape index (κ1) is 13.8. The smallest absolute Gasteiger partial charge is 0.130 e. The van der Waals surface area contributed by atoms with E-state index in [0.717, 1.165) is 28.6 Å². The van der Waals surface area contributed by atoms with Gasteiger partial charge in [-0.15, -0.1) is 0 Å². The zero-order valence-corrected chi connectivity index (χ0v) is 12.0. The predicted octanol–water partition coefficient (Wildman–Crippen LogP) is 4.65. The number of hydrogen-bond acceptors (Lipinski definition) is 2. The lowest BCUT2D eigenvalue weighted by Crippen LogP contribution is -2.02. The van der Waals surface area contributed by atoms with E-state index in [-0.39, 0.29) is 5.82 Å². The van der Waals surface area contributed by atoms with Crippen molar-refractivity contribution in [1.29, 1.82) is 0 Å². The van der Waals surface area contributed by atoms with Gasteiger partial charge in [0.25, 0.3) is 0 Å². The van der Waals surface area contributed by atoms with Crippen LogP contribution in [0.1, 0.15) is 5.56 Å². The van der Waals surface area contributed by atoms with Crippen molar-refractivity contribution in [1.82, 2.24) is 4.98 Å². The molecule has 3 rings (SSSR count). The van der Waals surface area contributed by atoms with Gasteiger partial charge in [0.05, 0.1) is 12.1 Å². The first-order valence-corrected chi connectivity index (χ1v) is 7.02. The van der Waals surface area contributed by atoms with Gasteiger partial charge in [-0.05, 0) is 42.0 Å². The Labute approximate surface area is 127 Å². The number of aromatic nitrogens is 1. The molecule has 4 heteroatoms. The van der Waals surface area contributed by atoms with Gasteiger partial charge in [-0.25, -0.2) is 4.39 Å². The van der Waals surface area contributed by atoms with E-state index in [1.807, 2.05) is 24.3 Å². The van der Waals surface area contributed by atoms with E-state index in [1.54, 1.807) is 18.3 Å². The van der Waals surface area contributed by atoms with Gasteiger partial charge in [-0.3, -0.25) is 4.98 Å². The third kappa shape index (κ3) is 3.31. The highest BCUT2D eigenvalue weighted by atomic mass is 35.5. The number of benzene rings is 2. The Balaban J connectivity index is 1.72. The van der Waals surface area contributed by atoms with E-state index >= 15 is 0 Å². The van der Waals surface area contributed by atoms with Crippen LogP contribution < -0.4 is 4.74 Å². The summed E-state index contributed by atoms with van der Waals surface area (Å²) < 4.78 is 18.6. The molecule has 0 aliphatic heterocycles. The standard InChI is InChI=1S/C17H13ClFNO/c18-13-3-6-15-16(11-13)20-9-7-17(15)21-10-8-12-1-4-14(19)5-2-12/h1-7,9,11H,8,10H2. The van der Waals surface area contributed by atoms with Crippen LogP contribution in [0.4, 0.5) is 4.39 Å². The van der Waals surface area contributed by atoms with Crippen LogP contribution in [0.2, 0.25) is 5.02 Å². The molecule has 0 saturated heterocycles. The van der Waals surface area contributed by atoms with Crippen LogP contribution in [0, 0.1) is 5.82 Å². The Morgan fingerprint density at radius 3 is 2.67 bits per heavy atom. The van der Waals surface area contributed by atoms with E-state index in [1.165, 1.54) is 12.1 Å². The van der Waals surface area contributed by atoms with Gasteiger partial charge in [0.1, 0.15) is 11.6 Å². The molecule has 0 N–H and O–H groups in total. The van der Waals surface area contributed by atoms with Crippen LogP contribution in [-0.4, -0.2) is 11.6 Å². The molecule has 2 nitrogen and oxygen atoms in total. The van der Waals surface area contributed by atoms with E-state index < -0.39 is 0 Å². The fraction of sp³-hybridized carbons (Fsp3) is 0.118. The normalized spacial score (nSPS) is 10.8. The van der Waals surface area contributed by atoms with Crippen LogP contribution in [0.15, 0.2) is 54.7 Å². The monoisotopic (exact) mass is 301 g/mol. The molecule has 0 fully saturated rings. The van der Waals surface area contributed by atoms with Gasteiger partial charge in [-0.2, -0.15) is 0 Å². The van der Waals surface area contributed by atoms with Gasteiger partial charge in [-0.1, -0.05) is 23.7 Å². The molecule has 0 spiro atoms. The topological polar surface area (TPSA) is 22.1 Å². The summed E-state index contributed by atoms with van der Waals surface area (Å²) in [5.74, 6) is 0.551. The summed E-state index contributed by atoms with van der Waals surface area (Å²) in [6, 6.07) is 13.8. The van der Waals surface area contributed by atoms with Gasteiger partial charge in [0, 0.05) is 23.0 Å². The van der Waals surface area contributed by atoms with E-state index in [4.69, 9.17) is 16.3 Å². The number of ether oxygens (including phenoxy) is 1. The van der Waals surface area contributed by atoms with Gasteiger partial charge >= 0.3 is 0 Å². The third-order valence-electron chi connectivity index (χ3n) is 3.23. The molecular formula is C17H13ClFNO. The predicted molar refractivity (Wildman–Crippen MR) is 82.4 cm³/mol. The van der Waals surface area contributed by atoms with Crippen molar-refractivity contribution in [2.45, 2.75) is 6.42 Å². The first-order chi connectivity index (χ1) is 10.2. The molecule has 0 amide bonds. The number of fused-ring (bicyclic) bond motifs is 1. The second-order valence-electron chi connectivity index (χ2n) is 4.70. The first-order valence-electron chi connectivity index (χ1n) is 6.64. The third-order valence-corrected chi connectivity index (χ3v) is 3.46. The average Bonchev–Trinajstić information content (AvgIpc) is 2.49. The Morgan fingerprint density at radius 1 is 1.05 bits per heavy atom. The second kappa shape index (κ2) is 6.10. The summed E-state index contributed by atoms with van der Waals surface area (Å²) in [5.41, 5.74) is 1.85. The van der Waals surface area contributed by atoms with Crippen molar-refractivity contribution in [3.8, 4) is 5.75 Å². The molecular weight excluding hydrogens is 289 g/mol. The summed E-state index contributed by atoms with van der Waals surface area (Å²) in [5, 5.41) is 1.58. The fourth-order valence-electron chi connectivity index (χ4n) is 2.15. The summed E-state index contributed by atoms with van der Waals surface area (Å²) in [6.07, 6.45) is 2.42. The summed E-state index contributed by atoms with van der Waals surface area (Å²) in [6.45, 7) is 0.521. The Morgan fingerprint density at radius 2 is 1.86 bits per heavy atom. The fourth-order valence-corrected chi connectivity index (χ4v) is 2.32. The lowest BCUT2D eigenvalue weighted by molar-refractivity contribution is 0.325. The van der Waals surface area contributed by atoms with Crippen LogP contribution in [-0.2, 0) is 6.42 Å². The molecule has 0 bridgehead atoms. The van der Waals surface area contributed by atoms with E-state index in [9.17, 15) is 4.39 Å². The SMILES string of the molecule is Fc1ccc(CCOc2ccnc3cc(Cl)ccc23)cc1. The Hall–Kier alpha value is -2.13. The van der Waals surface area contributed by atoms with Gasteiger partial charge in [0.15, 0.2) is 0 Å². The van der Waals surface area contributed by atoms with Crippen LogP contribution in [0.5, 0.6) is 5.75 Å². The molecule has 21 heavy (non-hydrogen) atoms. The Kier molecular flexibility index (Phi) is 4.02. The molecule has 0 saturated carbocycles. The molecule has 0 atom stereocenters. The zero-order valence-electron chi connectivity index (χ0n) is 11.2. The van der Waals surface area contributed by atoms with Crippen molar-refractivity contribution in [3.05, 3.63) is 71.1 Å². The maximum absolute atomic E-state index is 12.8. The summed E-state index contributed by atoms with van der Waals surface area (Å²) in [4.78, 5) is 4.27. The Bertz CT molecular complexity index is 758. The summed E-state index contributed by atoms with van der Waals surface area (Å²) >= 11 is 5.96. The van der Waals surface area contributed by atoms with Crippen LogP contribution in [0.25, 0.3) is 10.9 Å². The maximum Gasteiger partial charge on any atom is 0.130 e. The molecule has 1 heterocycles. The quantitative estimate of drug-likeness (QED) is 0.700. The zero-order chi connectivity index (χ0) is 14.7. The lowest BCUT2D eigenvalue weighted by Gasteiger charge is -2.09. The second-order valence-corrected chi connectivity index (χ2v) is 5.13. The highest BCUT2D eigenvalue weighted by Crippen LogP contribution is 2.26. The largest absolute Gasteiger partial charge is 0.492 e. The minimum Gasteiger partial charge on any atom is -0.492 e. The molecule has 3 aromatic rings. The number of hydrogen-bond donors (Lipinski definition) is 0. The number of rotatable bonds is 4. The maximum atomic E-state index is 12.8.